The Balaban J connectivity index is 0.000000277. The summed E-state index contributed by atoms with van der Waals surface area (Å²) in [5.74, 6) is -9.52. The minimum Gasteiger partial charge on any atom is -0.507 e. The Morgan fingerprint density at radius 1 is 0.586 bits per heavy atom. The highest BCUT2D eigenvalue weighted by Gasteiger charge is 2.54. The molecule has 21 N–H and O–H groups in total. The number of aliphatic hydroxyl groups is 10. The van der Waals surface area contributed by atoms with E-state index in [1.54, 1.807) is 13.1 Å². The number of nitriles is 1. The van der Waals surface area contributed by atoms with Crippen LogP contribution in [-0.4, -0.2) is 273 Å². The summed E-state index contributed by atoms with van der Waals surface area (Å²) in [6.07, 6.45) is -29.2. The van der Waals surface area contributed by atoms with Gasteiger partial charge in [0.1, 0.15) is 133 Å². The Morgan fingerprint density at radius 3 is 1.49 bits per heavy atom. The van der Waals surface area contributed by atoms with Crippen LogP contribution in [0.1, 0.15) is 160 Å². The highest BCUT2D eigenvalue weighted by molar-refractivity contribution is 6.31. The maximum absolute atomic E-state index is 14.1. The van der Waals surface area contributed by atoms with Gasteiger partial charge >= 0.3 is 11.9 Å². The average Bonchev–Trinajstić information content (AvgIpc) is 0.710. The molecule has 4 aromatic carbocycles. The lowest BCUT2D eigenvalue weighted by molar-refractivity contribution is -0.339. The molecule has 2 amide bonds. The summed E-state index contributed by atoms with van der Waals surface area (Å²) in [6.45, 7) is 23.1. The number of ketones is 2. The average molecular weight is 1560 g/mol. The van der Waals surface area contributed by atoms with Crippen molar-refractivity contribution in [3.05, 3.63) is 116 Å². The first-order valence-corrected chi connectivity index (χ1v) is 35.2. The van der Waals surface area contributed by atoms with Crippen LogP contribution in [0.15, 0.2) is 54.2 Å². The molecule has 0 radical (unpaired) electrons. The summed E-state index contributed by atoms with van der Waals surface area (Å²) < 4.78 is 52.0. The van der Waals surface area contributed by atoms with Gasteiger partial charge in [0.05, 0.1) is 66.9 Å². The quantitative estimate of drug-likeness (QED) is 0.0296. The predicted molar refractivity (Wildman–Crippen MR) is 378 cm³/mol. The van der Waals surface area contributed by atoms with Crippen molar-refractivity contribution in [2.45, 2.75) is 216 Å². The Hall–Kier alpha value is -9.29. The number of carbonyl (C=O) groups is 6. The van der Waals surface area contributed by atoms with Crippen LogP contribution in [0.5, 0.6) is 28.7 Å². The van der Waals surface area contributed by atoms with Crippen molar-refractivity contribution < 1.29 is 153 Å². The van der Waals surface area contributed by atoms with Crippen molar-refractivity contribution >= 4 is 40.9 Å². The van der Waals surface area contributed by atoms with Gasteiger partial charge < -0.3 is 140 Å². The van der Waals surface area contributed by atoms with Gasteiger partial charge in [-0.3, -0.25) is 34.1 Å². The molecule has 11 rings (SSSR count). The molecular weight excluding hydrogens is 1470 g/mol. The molecule has 4 fully saturated rings. The third kappa shape index (κ3) is 16.8. The van der Waals surface area contributed by atoms with Crippen LogP contribution in [0.2, 0.25) is 0 Å². The lowest BCUT2D eigenvalue weighted by Gasteiger charge is -2.47. The summed E-state index contributed by atoms with van der Waals surface area (Å²) >= 11 is 0. The number of phenols is 4. The molecule has 4 heterocycles. The van der Waals surface area contributed by atoms with E-state index in [-0.39, 0.29) is 74.7 Å². The fraction of sp³-hybridized carbons (Fsp3) is 0.521. The Labute approximate surface area is 634 Å². The van der Waals surface area contributed by atoms with E-state index in [1.807, 2.05) is 27.7 Å². The van der Waals surface area contributed by atoms with E-state index in [0.29, 0.717) is 0 Å². The first-order chi connectivity index (χ1) is 52.4. The van der Waals surface area contributed by atoms with E-state index < -0.39 is 245 Å². The van der Waals surface area contributed by atoms with Crippen LogP contribution >= 0.6 is 0 Å². The van der Waals surface area contributed by atoms with Gasteiger partial charge in [0, 0.05) is 33.9 Å². The third-order valence-corrected chi connectivity index (χ3v) is 19.7. The normalized spacial score (nSPS) is 31.0. The standard InChI is InChI=1S/C40H41N3O18.C29H40N4O13.2C2H6/c1-11-5-18-24(31(50)21(11)37(54)43-12(2)38(55)56)23-16(8-17-25(32(23)51)28(47)15-6-14(57-4)7-19(44)22(15)27(17)46)29(48)35(18)60-40-34(53)36(26(42-10-41)13(3)59-40)61-39-33(52)30(49)20(45)9-58-39;1-9-6-14-17(21(37)16(9)26(40)33-12(4)27(41)42)10(2)11(3)19(35)24(14)45-29-23(39)25(18(13(5)44-29)31-8-32-30)46-28-22(38)20(36)15(34)7-43-28;2*1-2/h5-8,12-13,20,26,29-30,33-36,39-40,42,44-45,48-53H,9H2,1-4H3,(H,43,54)(H,55,56);6,12-13,15,18-20,22-25,28-31,34-39H,2-3,7-8H2,1,4-5H3,(H,33,40)(H,41,42);2*1-2H3. The minimum absolute atomic E-state index is 0.000981. The monoisotopic (exact) mass is 1560 g/mol. The van der Waals surface area contributed by atoms with Crippen molar-refractivity contribution in [2.75, 3.05) is 27.0 Å². The van der Waals surface area contributed by atoms with E-state index in [2.05, 4.69) is 39.5 Å². The third-order valence-electron chi connectivity index (χ3n) is 19.7. The largest absolute Gasteiger partial charge is 0.507 e. The van der Waals surface area contributed by atoms with E-state index in [1.165, 1.54) is 59.9 Å². The number of rotatable bonds is 19. The molecule has 38 heteroatoms. The molecule has 0 saturated carbocycles. The number of carbonyl (C=O) groups excluding carboxylic acids is 4. The minimum atomic E-state index is -1.95. The SMILES string of the molecule is C=C1C(=C)C(O)C(OC2OC(C)C(NCN=N)C(OC3OCC(O)C(O)C3O)C2O)c2cc(C)c(C(=O)NC(C)C(=O)O)c(O)c21.CC.CC.COc1cc(O)c2c(c1)C(=O)c1c(cc3c(c1O)-c1c(cc(C)c(C(=O)NC(C)C(=O)O)c1O)C(OC1OC(C)C(NC#N)C(OC4OCC(O)C(O)C4O)C1O)C3O)C2=O. The number of amides is 2. The van der Waals surface area contributed by atoms with Gasteiger partial charge in [-0.25, -0.2) is 5.53 Å². The number of aryl methyl sites for hydroxylation is 2. The number of methoxy groups -OCH3 is 1. The van der Waals surface area contributed by atoms with Gasteiger partial charge in [0.25, 0.3) is 11.8 Å². The fourth-order valence-corrected chi connectivity index (χ4v) is 13.9. The van der Waals surface area contributed by atoms with Gasteiger partial charge in [-0.2, -0.15) is 10.4 Å². The van der Waals surface area contributed by atoms with Crippen LogP contribution in [0.3, 0.4) is 0 Å². The van der Waals surface area contributed by atoms with Crippen molar-refractivity contribution in [3.8, 4) is 46.1 Å². The van der Waals surface area contributed by atoms with Crippen molar-refractivity contribution in [2.24, 2.45) is 5.11 Å². The number of carboxylic acids is 2. The predicted octanol–water partition coefficient (Wildman–Crippen LogP) is 0.0737. The van der Waals surface area contributed by atoms with Gasteiger partial charge in [0.2, 0.25) is 0 Å². The van der Waals surface area contributed by atoms with Crippen LogP contribution in [0.25, 0.3) is 16.7 Å². The second-order valence-corrected chi connectivity index (χ2v) is 26.6. The van der Waals surface area contributed by atoms with Gasteiger partial charge in [-0.15, -0.1) is 0 Å². The van der Waals surface area contributed by atoms with Gasteiger partial charge in [-0.05, 0) is 92.6 Å². The molecule has 4 saturated heterocycles. The van der Waals surface area contributed by atoms with Crippen LogP contribution in [0.4, 0.5) is 0 Å². The Kier molecular flexibility index (Phi) is 28.3. The zero-order valence-electron chi connectivity index (χ0n) is 62.0. The van der Waals surface area contributed by atoms with E-state index in [9.17, 15) is 116 Å². The maximum Gasteiger partial charge on any atom is 0.325 e. The van der Waals surface area contributed by atoms with Crippen molar-refractivity contribution in [1.29, 1.82) is 10.8 Å². The molecule has 24 unspecified atom stereocenters. The molecule has 0 bridgehead atoms. The first kappa shape index (κ1) is 87.3. The van der Waals surface area contributed by atoms with Crippen LogP contribution < -0.4 is 26.0 Å². The number of ether oxygens (including phenoxy) is 9. The summed E-state index contributed by atoms with van der Waals surface area (Å²) in [6, 6.07) is 1.30. The summed E-state index contributed by atoms with van der Waals surface area (Å²) in [5.41, 5.74) is 3.75. The highest BCUT2D eigenvalue weighted by atomic mass is 16.7. The Morgan fingerprint density at radius 2 is 1.02 bits per heavy atom. The number of benzene rings is 4. The molecule has 4 aliphatic heterocycles. The smallest absolute Gasteiger partial charge is 0.325 e. The van der Waals surface area contributed by atoms with E-state index in [0.717, 1.165) is 12.1 Å². The maximum atomic E-state index is 14.1. The second kappa shape index (κ2) is 36.0. The number of aliphatic hydroxyl groups excluding tert-OH is 10. The molecular formula is C73H93N7O31. The lowest BCUT2D eigenvalue weighted by atomic mass is 9.74. The molecule has 111 heavy (non-hydrogen) atoms. The Bertz CT molecular complexity index is 4270. The topological polar surface area (TPSA) is 617 Å². The van der Waals surface area contributed by atoms with E-state index >= 15 is 0 Å². The number of fused-ring (bicyclic) bond motifs is 6. The molecule has 0 aromatic heterocycles. The van der Waals surface area contributed by atoms with Gasteiger partial charge in [0.15, 0.2) is 42.9 Å². The first-order valence-electron chi connectivity index (χ1n) is 35.2. The van der Waals surface area contributed by atoms with Crippen LogP contribution in [-0.2, 0) is 47.5 Å². The number of phenolic OH excluding ortho intramolecular Hbond substituents is 4. The summed E-state index contributed by atoms with van der Waals surface area (Å²) in [7, 11) is 1.25. The molecule has 24 atom stereocenters. The fourth-order valence-electron chi connectivity index (χ4n) is 13.9. The molecule has 7 aliphatic rings. The van der Waals surface area contributed by atoms with E-state index in [4.69, 9.17) is 48.2 Å². The lowest BCUT2D eigenvalue weighted by Crippen LogP contribution is -2.65. The number of nitrogens with zero attached hydrogens (tertiary/aromatic N) is 2. The number of carboxylic acid groups (broad SMARTS) is 2. The molecule has 4 aromatic rings. The molecule has 0 spiro atoms. The zero-order valence-corrected chi connectivity index (χ0v) is 62.0. The number of hydrogen-bond donors (Lipinski definition) is 21. The molecule has 38 nitrogen and oxygen atoms in total. The zero-order chi connectivity index (χ0) is 82.7. The summed E-state index contributed by atoms with van der Waals surface area (Å²) in [4.78, 5) is 77.6. The highest BCUT2D eigenvalue weighted by Crippen LogP contribution is 2.58. The molecule has 606 valence electrons. The number of aromatic hydroxyl groups is 4. The van der Waals surface area contributed by atoms with Crippen molar-refractivity contribution in [1.82, 2.24) is 21.3 Å². The molecule has 3 aliphatic carbocycles. The van der Waals surface area contributed by atoms with Crippen molar-refractivity contribution in [3.63, 3.8) is 0 Å². The number of hydrogen-bond acceptors (Lipinski definition) is 34. The van der Waals surface area contributed by atoms with Gasteiger partial charge in [-0.1, -0.05) is 53.0 Å². The number of aliphatic carboxylic acids is 2. The van der Waals surface area contributed by atoms with Crippen LogP contribution in [0, 0.1) is 30.8 Å². The second-order valence-electron chi connectivity index (χ2n) is 26.6. The number of nitrogens with one attached hydrogen (secondary N) is 5. The summed E-state index contributed by atoms with van der Waals surface area (Å²) in [5, 5.41) is 195.